The van der Waals surface area contributed by atoms with Crippen LogP contribution in [-0.4, -0.2) is 42.1 Å². The Kier molecular flexibility index (Phi) is 5.11. The van der Waals surface area contributed by atoms with E-state index in [-0.39, 0.29) is 5.54 Å². The highest BCUT2D eigenvalue weighted by molar-refractivity contribution is 5.39. The lowest BCUT2D eigenvalue weighted by molar-refractivity contribution is 0.138. The van der Waals surface area contributed by atoms with E-state index in [0.717, 1.165) is 18.5 Å². The summed E-state index contributed by atoms with van der Waals surface area (Å²) < 4.78 is 0. The Morgan fingerprint density at radius 2 is 2.11 bits per heavy atom. The molecule has 0 spiro atoms. The van der Waals surface area contributed by atoms with Crippen molar-refractivity contribution in [3.8, 4) is 0 Å². The first kappa shape index (κ1) is 14.9. The Balaban J connectivity index is 2.91. The van der Waals surface area contributed by atoms with E-state index in [1.54, 1.807) is 6.20 Å². The molecule has 0 aliphatic heterocycles. The molecular formula is C14H26N4. The molecule has 0 aromatic carbocycles. The van der Waals surface area contributed by atoms with Crippen molar-refractivity contribution in [3.05, 3.63) is 23.9 Å². The maximum Gasteiger partial charge on any atom is 0.126 e. The van der Waals surface area contributed by atoms with Crippen molar-refractivity contribution in [3.63, 3.8) is 0 Å². The highest BCUT2D eigenvalue weighted by atomic mass is 15.2. The first-order valence-electron chi connectivity index (χ1n) is 6.49. The van der Waals surface area contributed by atoms with Crippen molar-refractivity contribution < 1.29 is 0 Å². The summed E-state index contributed by atoms with van der Waals surface area (Å²) >= 11 is 0. The van der Waals surface area contributed by atoms with E-state index in [4.69, 9.17) is 5.73 Å². The Morgan fingerprint density at radius 3 is 2.61 bits per heavy atom. The van der Waals surface area contributed by atoms with E-state index in [0.29, 0.717) is 11.9 Å². The Hall–Kier alpha value is -1.13. The van der Waals surface area contributed by atoms with Gasteiger partial charge in [-0.1, -0.05) is 13.0 Å². The number of nitrogens with zero attached hydrogens (tertiary/aromatic N) is 2. The van der Waals surface area contributed by atoms with E-state index >= 15 is 0 Å². The molecule has 4 heteroatoms. The van der Waals surface area contributed by atoms with Gasteiger partial charge >= 0.3 is 0 Å². The number of nitrogens with one attached hydrogen (secondary N) is 1. The topological polar surface area (TPSA) is 54.2 Å². The SMILES string of the molecule is CCNC(Cc1cccnc1N)C(C)(C)N(C)C. The maximum atomic E-state index is 5.93. The molecule has 0 aliphatic rings. The molecule has 0 aliphatic carbocycles. The maximum absolute atomic E-state index is 5.93. The van der Waals surface area contributed by atoms with Crippen LogP contribution in [0.5, 0.6) is 0 Å². The molecule has 1 unspecified atom stereocenters. The molecular weight excluding hydrogens is 224 g/mol. The van der Waals surface area contributed by atoms with Gasteiger partial charge in [-0.2, -0.15) is 0 Å². The molecule has 1 aromatic heterocycles. The quantitative estimate of drug-likeness (QED) is 0.804. The summed E-state index contributed by atoms with van der Waals surface area (Å²) in [6, 6.07) is 4.33. The van der Waals surface area contributed by atoms with Gasteiger partial charge in [0.05, 0.1) is 0 Å². The molecule has 0 saturated carbocycles. The molecule has 1 heterocycles. The number of rotatable bonds is 6. The van der Waals surface area contributed by atoms with E-state index < -0.39 is 0 Å². The highest BCUT2D eigenvalue weighted by Gasteiger charge is 2.31. The van der Waals surface area contributed by atoms with Crippen LogP contribution in [0.4, 0.5) is 5.82 Å². The van der Waals surface area contributed by atoms with Crippen molar-refractivity contribution in [2.45, 2.75) is 38.8 Å². The van der Waals surface area contributed by atoms with Gasteiger partial charge in [0.2, 0.25) is 0 Å². The van der Waals surface area contributed by atoms with Gasteiger partial charge in [-0.3, -0.25) is 0 Å². The molecule has 4 nitrogen and oxygen atoms in total. The highest BCUT2D eigenvalue weighted by Crippen LogP contribution is 2.21. The van der Waals surface area contributed by atoms with Crippen LogP contribution >= 0.6 is 0 Å². The van der Waals surface area contributed by atoms with Crippen LogP contribution in [0.25, 0.3) is 0 Å². The van der Waals surface area contributed by atoms with Gasteiger partial charge in [0, 0.05) is 17.8 Å². The second-order valence-corrected chi connectivity index (χ2v) is 5.41. The van der Waals surface area contributed by atoms with Crippen LogP contribution < -0.4 is 11.1 Å². The van der Waals surface area contributed by atoms with Crippen LogP contribution in [0.3, 0.4) is 0 Å². The number of nitrogens with two attached hydrogens (primary N) is 1. The number of likely N-dealkylation sites (N-methyl/N-ethyl adjacent to an activating group) is 2. The summed E-state index contributed by atoms with van der Waals surface area (Å²) in [6.45, 7) is 7.56. The molecule has 0 saturated heterocycles. The molecule has 0 fully saturated rings. The molecule has 102 valence electrons. The zero-order chi connectivity index (χ0) is 13.8. The Bertz CT molecular complexity index is 374. The van der Waals surface area contributed by atoms with Crippen LogP contribution in [0.1, 0.15) is 26.3 Å². The first-order valence-corrected chi connectivity index (χ1v) is 6.49. The van der Waals surface area contributed by atoms with Gasteiger partial charge in [0.1, 0.15) is 5.82 Å². The molecule has 0 bridgehead atoms. The minimum atomic E-state index is 0.0539. The number of anilines is 1. The van der Waals surface area contributed by atoms with Gasteiger partial charge in [0.25, 0.3) is 0 Å². The van der Waals surface area contributed by atoms with Gasteiger partial charge < -0.3 is 16.0 Å². The van der Waals surface area contributed by atoms with Crippen molar-refractivity contribution in [1.82, 2.24) is 15.2 Å². The minimum absolute atomic E-state index is 0.0539. The Labute approximate surface area is 111 Å². The van der Waals surface area contributed by atoms with Crippen LogP contribution in [-0.2, 0) is 6.42 Å². The molecule has 1 atom stereocenters. The molecule has 0 amide bonds. The van der Waals surface area contributed by atoms with Crippen molar-refractivity contribution in [2.24, 2.45) is 0 Å². The second kappa shape index (κ2) is 6.16. The average molecular weight is 250 g/mol. The monoisotopic (exact) mass is 250 g/mol. The number of hydrogen-bond donors (Lipinski definition) is 2. The second-order valence-electron chi connectivity index (χ2n) is 5.41. The third-order valence-corrected chi connectivity index (χ3v) is 3.81. The lowest BCUT2D eigenvalue weighted by Gasteiger charge is -2.41. The molecule has 18 heavy (non-hydrogen) atoms. The fourth-order valence-electron chi connectivity index (χ4n) is 1.97. The summed E-state index contributed by atoms with van der Waals surface area (Å²) in [5.41, 5.74) is 7.10. The summed E-state index contributed by atoms with van der Waals surface area (Å²) in [4.78, 5) is 6.40. The van der Waals surface area contributed by atoms with Crippen LogP contribution in [0, 0.1) is 0 Å². The third kappa shape index (κ3) is 3.43. The predicted molar refractivity (Wildman–Crippen MR) is 77.6 cm³/mol. The first-order chi connectivity index (χ1) is 8.39. The smallest absolute Gasteiger partial charge is 0.126 e. The molecule has 3 N–H and O–H groups in total. The fourth-order valence-corrected chi connectivity index (χ4v) is 1.97. The predicted octanol–water partition coefficient (Wildman–Crippen LogP) is 1.52. The van der Waals surface area contributed by atoms with Crippen molar-refractivity contribution >= 4 is 5.82 Å². The lowest BCUT2D eigenvalue weighted by atomic mass is 9.88. The minimum Gasteiger partial charge on any atom is -0.383 e. The Morgan fingerprint density at radius 1 is 1.44 bits per heavy atom. The van der Waals surface area contributed by atoms with Crippen LogP contribution in [0.15, 0.2) is 18.3 Å². The zero-order valence-electron chi connectivity index (χ0n) is 12.2. The van der Waals surface area contributed by atoms with E-state index in [2.05, 4.69) is 56.1 Å². The van der Waals surface area contributed by atoms with E-state index in [1.807, 2.05) is 6.07 Å². The number of nitrogen functional groups attached to an aromatic ring is 1. The number of pyridine rings is 1. The lowest BCUT2D eigenvalue weighted by Crippen LogP contribution is -2.56. The van der Waals surface area contributed by atoms with Gasteiger partial charge in [-0.25, -0.2) is 4.98 Å². The van der Waals surface area contributed by atoms with Crippen molar-refractivity contribution in [1.29, 1.82) is 0 Å². The average Bonchev–Trinajstić information content (AvgIpc) is 2.31. The normalized spacial score (nSPS) is 13.9. The molecule has 1 aromatic rings. The summed E-state index contributed by atoms with van der Waals surface area (Å²) in [5, 5.41) is 3.55. The standard InChI is InChI=1S/C14H26N4/c1-6-16-12(14(2,3)18(4)5)10-11-8-7-9-17-13(11)15/h7-9,12,16H,6,10H2,1-5H3,(H2,15,17). The third-order valence-electron chi connectivity index (χ3n) is 3.81. The van der Waals surface area contributed by atoms with E-state index in [9.17, 15) is 0 Å². The van der Waals surface area contributed by atoms with E-state index in [1.165, 1.54) is 0 Å². The van der Waals surface area contributed by atoms with Gasteiger partial charge in [-0.05, 0) is 52.5 Å². The summed E-state index contributed by atoms with van der Waals surface area (Å²) in [7, 11) is 4.22. The molecule has 1 rings (SSSR count). The summed E-state index contributed by atoms with van der Waals surface area (Å²) in [6.07, 6.45) is 2.62. The van der Waals surface area contributed by atoms with Crippen molar-refractivity contribution in [2.75, 3.05) is 26.4 Å². The zero-order valence-corrected chi connectivity index (χ0v) is 12.2. The molecule has 0 radical (unpaired) electrons. The fraction of sp³-hybridized carbons (Fsp3) is 0.643. The largest absolute Gasteiger partial charge is 0.383 e. The summed E-state index contributed by atoms with van der Waals surface area (Å²) in [5.74, 6) is 0.634. The van der Waals surface area contributed by atoms with Gasteiger partial charge in [0.15, 0.2) is 0 Å². The number of hydrogen-bond acceptors (Lipinski definition) is 4. The number of aromatic nitrogens is 1. The van der Waals surface area contributed by atoms with Gasteiger partial charge in [-0.15, -0.1) is 0 Å². The van der Waals surface area contributed by atoms with Crippen LogP contribution in [0.2, 0.25) is 0 Å².